The molecule has 0 amide bonds. The zero-order valence-corrected chi connectivity index (χ0v) is 13.5. The minimum atomic E-state index is -2.37. The molecular formula is C17H28O5. The van der Waals surface area contributed by atoms with Gasteiger partial charge >= 0.3 is 11.9 Å². The number of hydrogen-bond donors (Lipinski definition) is 2. The highest BCUT2D eigenvalue weighted by Gasteiger charge is 2.51. The van der Waals surface area contributed by atoms with Gasteiger partial charge < -0.3 is 10.2 Å². The van der Waals surface area contributed by atoms with Gasteiger partial charge in [-0.05, 0) is 12.5 Å². The molecule has 0 aliphatic carbocycles. The van der Waals surface area contributed by atoms with Crippen molar-refractivity contribution in [3.8, 4) is 0 Å². The third-order valence-corrected chi connectivity index (χ3v) is 3.99. The lowest BCUT2D eigenvalue weighted by atomic mass is 9.78. The third-order valence-electron chi connectivity index (χ3n) is 3.99. The van der Waals surface area contributed by atoms with Crippen LogP contribution in [0, 0.1) is 5.41 Å². The van der Waals surface area contributed by atoms with Gasteiger partial charge in [-0.15, -0.1) is 0 Å². The molecule has 22 heavy (non-hydrogen) atoms. The molecule has 0 radical (unpaired) electrons. The number of allylic oxidation sites excluding steroid dienone is 1. The predicted molar refractivity (Wildman–Crippen MR) is 84.8 cm³/mol. The summed E-state index contributed by atoms with van der Waals surface area (Å²) in [5, 5.41) is 18.3. The van der Waals surface area contributed by atoms with Crippen LogP contribution >= 0.6 is 0 Å². The lowest BCUT2D eigenvalue weighted by Gasteiger charge is -2.21. The van der Waals surface area contributed by atoms with E-state index in [1.165, 1.54) is 25.7 Å². The first kappa shape index (κ1) is 20.3. The lowest BCUT2D eigenvalue weighted by molar-refractivity contribution is -0.167. The van der Waals surface area contributed by atoms with Crippen LogP contribution in [0.15, 0.2) is 12.7 Å². The Balaban J connectivity index is 4.21. The molecule has 0 heterocycles. The number of carbonyl (C=O) groups is 3. The Bertz CT molecular complexity index is 373. The third kappa shape index (κ3) is 6.00. The highest BCUT2D eigenvalue weighted by atomic mass is 16.4. The molecule has 5 nitrogen and oxygen atoms in total. The standard InChI is InChI=1S/C17H28O5/c1-3-5-6-7-8-9-10-11-12-13-17(15(19)20,16(21)22)14(18)4-2/h4H,2-3,5-13H2,1H3,(H,19,20)(H,21,22). The van der Waals surface area contributed by atoms with Crippen LogP contribution in [-0.2, 0) is 14.4 Å². The van der Waals surface area contributed by atoms with Gasteiger partial charge in [0.1, 0.15) is 0 Å². The van der Waals surface area contributed by atoms with E-state index in [1.54, 1.807) is 0 Å². The van der Waals surface area contributed by atoms with Gasteiger partial charge in [0, 0.05) is 0 Å². The van der Waals surface area contributed by atoms with Crippen molar-refractivity contribution >= 4 is 17.7 Å². The van der Waals surface area contributed by atoms with Crippen molar-refractivity contribution in [3.63, 3.8) is 0 Å². The van der Waals surface area contributed by atoms with Gasteiger partial charge in [-0.1, -0.05) is 71.3 Å². The van der Waals surface area contributed by atoms with Crippen molar-refractivity contribution in [2.45, 2.75) is 71.1 Å². The number of carboxylic acid groups (broad SMARTS) is 2. The van der Waals surface area contributed by atoms with Gasteiger partial charge in [0.2, 0.25) is 5.41 Å². The van der Waals surface area contributed by atoms with Crippen LogP contribution in [0.25, 0.3) is 0 Å². The zero-order valence-electron chi connectivity index (χ0n) is 13.5. The summed E-state index contributed by atoms with van der Waals surface area (Å²) in [7, 11) is 0. The number of carboxylic acids is 2. The number of aliphatic carboxylic acids is 2. The van der Waals surface area contributed by atoms with E-state index in [1.807, 2.05) is 0 Å². The molecule has 0 aromatic carbocycles. The highest BCUT2D eigenvalue weighted by Crippen LogP contribution is 2.28. The Hall–Kier alpha value is -1.65. The Morgan fingerprint density at radius 1 is 0.864 bits per heavy atom. The fraction of sp³-hybridized carbons (Fsp3) is 0.706. The first-order valence-corrected chi connectivity index (χ1v) is 8.07. The molecule has 0 unspecified atom stereocenters. The number of unbranched alkanes of at least 4 members (excludes halogenated alkanes) is 8. The van der Waals surface area contributed by atoms with Crippen LogP contribution in [0.2, 0.25) is 0 Å². The molecule has 5 heteroatoms. The van der Waals surface area contributed by atoms with Crippen molar-refractivity contribution < 1.29 is 24.6 Å². The summed E-state index contributed by atoms with van der Waals surface area (Å²) in [6, 6.07) is 0. The molecule has 0 aliphatic heterocycles. The van der Waals surface area contributed by atoms with E-state index in [0.717, 1.165) is 31.8 Å². The highest BCUT2D eigenvalue weighted by molar-refractivity contribution is 6.22. The molecule has 126 valence electrons. The van der Waals surface area contributed by atoms with Crippen LogP contribution in [0.3, 0.4) is 0 Å². The van der Waals surface area contributed by atoms with E-state index < -0.39 is 23.1 Å². The first-order valence-electron chi connectivity index (χ1n) is 8.07. The van der Waals surface area contributed by atoms with Gasteiger partial charge in [-0.2, -0.15) is 0 Å². The topological polar surface area (TPSA) is 91.7 Å². The van der Waals surface area contributed by atoms with E-state index in [4.69, 9.17) is 10.2 Å². The Morgan fingerprint density at radius 3 is 1.64 bits per heavy atom. The summed E-state index contributed by atoms with van der Waals surface area (Å²) >= 11 is 0. The van der Waals surface area contributed by atoms with Crippen LogP contribution < -0.4 is 0 Å². The molecule has 0 aromatic rings. The van der Waals surface area contributed by atoms with Crippen molar-refractivity contribution in [2.24, 2.45) is 5.41 Å². The summed E-state index contributed by atoms with van der Waals surface area (Å²) in [6.45, 7) is 5.38. The van der Waals surface area contributed by atoms with Gasteiger partial charge in [0.05, 0.1) is 0 Å². The molecule has 0 atom stereocenters. The fourth-order valence-electron chi connectivity index (χ4n) is 2.51. The number of carbonyl (C=O) groups excluding carboxylic acids is 1. The summed E-state index contributed by atoms with van der Waals surface area (Å²) in [6.07, 6.45) is 9.81. The monoisotopic (exact) mass is 312 g/mol. The molecule has 0 rings (SSSR count). The van der Waals surface area contributed by atoms with Crippen molar-refractivity contribution in [1.82, 2.24) is 0 Å². The second-order valence-electron chi connectivity index (χ2n) is 5.66. The lowest BCUT2D eigenvalue weighted by Crippen LogP contribution is -2.45. The summed E-state index contributed by atoms with van der Waals surface area (Å²) in [5.41, 5.74) is -2.37. The normalized spacial score (nSPS) is 11.1. The predicted octanol–water partition coefficient (Wildman–Crippen LogP) is 3.82. The number of hydrogen-bond acceptors (Lipinski definition) is 3. The van der Waals surface area contributed by atoms with Crippen molar-refractivity contribution in [1.29, 1.82) is 0 Å². The maximum Gasteiger partial charge on any atom is 0.329 e. The van der Waals surface area contributed by atoms with E-state index in [0.29, 0.717) is 6.42 Å². The Labute approximate surface area is 132 Å². The number of ketones is 1. The number of rotatable bonds is 14. The summed E-state index contributed by atoms with van der Waals surface area (Å²) in [5.74, 6) is -4.17. The average Bonchev–Trinajstić information content (AvgIpc) is 2.48. The molecule has 0 spiro atoms. The van der Waals surface area contributed by atoms with E-state index >= 15 is 0 Å². The molecule has 0 saturated carbocycles. The zero-order chi connectivity index (χ0) is 17.0. The van der Waals surface area contributed by atoms with E-state index in [2.05, 4.69) is 13.5 Å². The molecule has 0 aromatic heterocycles. The van der Waals surface area contributed by atoms with Gasteiger partial charge in [0.15, 0.2) is 5.78 Å². The van der Waals surface area contributed by atoms with E-state index in [-0.39, 0.29) is 6.42 Å². The molecular weight excluding hydrogens is 284 g/mol. The first-order chi connectivity index (χ1) is 10.4. The van der Waals surface area contributed by atoms with Crippen LogP contribution in [-0.4, -0.2) is 27.9 Å². The van der Waals surface area contributed by atoms with E-state index in [9.17, 15) is 14.4 Å². The minimum Gasteiger partial charge on any atom is -0.480 e. The van der Waals surface area contributed by atoms with Crippen molar-refractivity contribution in [2.75, 3.05) is 0 Å². The van der Waals surface area contributed by atoms with Gasteiger partial charge in [-0.3, -0.25) is 14.4 Å². The SMILES string of the molecule is C=CC(=O)C(CCCCCCCCCCC)(C(=O)O)C(=O)O. The molecule has 2 N–H and O–H groups in total. The van der Waals surface area contributed by atoms with Crippen LogP contribution in [0.1, 0.15) is 71.1 Å². The molecule has 0 aliphatic rings. The second kappa shape index (κ2) is 11.0. The van der Waals surface area contributed by atoms with Crippen molar-refractivity contribution in [3.05, 3.63) is 12.7 Å². The largest absolute Gasteiger partial charge is 0.480 e. The second-order valence-corrected chi connectivity index (χ2v) is 5.66. The molecule has 0 fully saturated rings. The summed E-state index contributed by atoms with van der Waals surface area (Å²) in [4.78, 5) is 34.3. The fourth-order valence-corrected chi connectivity index (χ4v) is 2.51. The van der Waals surface area contributed by atoms with Crippen LogP contribution in [0.4, 0.5) is 0 Å². The summed E-state index contributed by atoms with van der Waals surface area (Å²) < 4.78 is 0. The minimum absolute atomic E-state index is 0.182. The van der Waals surface area contributed by atoms with Crippen LogP contribution in [0.5, 0.6) is 0 Å². The molecule has 0 bridgehead atoms. The Morgan fingerprint density at radius 2 is 1.27 bits per heavy atom. The maximum absolute atomic E-state index is 11.7. The van der Waals surface area contributed by atoms with Gasteiger partial charge in [-0.25, -0.2) is 0 Å². The molecule has 0 saturated heterocycles. The maximum atomic E-state index is 11.7. The Kier molecular flexibility index (Phi) is 10.2. The smallest absolute Gasteiger partial charge is 0.329 e. The quantitative estimate of drug-likeness (QED) is 0.289. The average molecular weight is 312 g/mol. The van der Waals surface area contributed by atoms with Gasteiger partial charge in [0.25, 0.3) is 0 Å².